The molecule has 0 aliphatic heterocycles. The van der Waals surface area contributed by atoms with Crippen molar-refractivity contribution in [1.29, 1.82) is 0 Å². The second-order valence-corrected chi connectivity index (χ2v) is 3.60. The molecule has 0 spiro atoms. The van der Waals surface area contributed by atoms with Gasteiger partial charge in [-0.2, -0.15) is 0 Å². The van der Waals surface area contributed by atoms with Gasteiger partial charge in [-0.15, -0.1) is 0 Å². The van der Waals surface area contributed by atoms with Gasteiger partial charge in [-0.05, 0) is 24.5 Å². The SMILES string of the molecule is CNOCCCc1ccccc1Br. The summed E-state index contributed by atoms with van der Waals surface area (Å²) in [7, 11) is 1.78. The lowest BCUT2D eigenvalue weighted by Gasteiger charge is -2.03. The first-order valence-corrected chi connectivity index (χ1v) is 5.16. The Kier molecular flexibility index (Phi) is 5.05. The molecule has 0 aliphatic carbocycles. The number of hydrogen-bond donors (Lipinski definition) is 1. The summed E-state index contributed by atoms with van der Waals surface area (Å²) in [4.78, 5) is 5.03. The zero-order valence-electron chi connectivity index (χ0n) is 7.72. The van der Waals surface area contributed by atoms with Crippen LogP contribution in [0, 0.1) is 0 Å². The van der Waals surface area contributed by atoms with E-state index in [0.717, 1.165) is 19.4 Å². The fourth-order valence-corrected chi connectivity index (χ4v) is 1.62. The average Bonchev–Trinajstić information content (AvgIpc) is 2.15. The number of hydroxylamine groups is 1. The highest BCUT2D eigenvalue weighted by atomic mass is 79.9. The van der Waals surface area contributed by atoms with Crippen LogP contribution in [0.4, 0.5) is 0 Å². The highest BCUT2D eigenvalue weighted by Crippen LogP contribution is 2.17. The van der Waals surface area contributed by atoms with Gasteiger partial charge in [0, 0.05) is 11.5 Å². The van der Waals surface area contributed by atoms with Crippen LogP contribution < -0.4 is 5.48 Å². The molecule has 13 heavy (non-hydrogen) atoms. The van der Waals surface area contributed by atoms with Gasteiger partial charge in [0.15, 0.2) is 0 Å². The van der Waals surface area contributed by atoms with Crippen LogP contribution in [0.15, 0.2) is 28.7 Å². The van der Waals surface area contributed by atoms with Gasteiger partial charge in [-0.25, -0.2) is 5.48 Å². The first-order valence-electron chi connectivity index (χ1n) is 4.36. The molecule has 0 atom stereocenters. The molecule has 0 saturated carbocycles. The summed E-state index contributed by atoms with van der Waals surface area (Å²) in [6, 6.07) is 8.27. The summed E-state index contributed by atoms with van der Waals surface area (Å²) < 4.78 is 1.18. The second kappa shape index (κ2) is 6.13. The van der Waals surface area contributed by atoms with Crippen LogP contribution in [0.25, 0.3) is 0 Å². The number of aryl methyl sites for hydroxylation is 1. The molecule has 0 bridgehead atoms. The lowest BCUT2D eigenvalue weighted by atomic mass is 10.1. The standard InChI is InChI=1S/C10H14BrNO/c1-12-13-8-4-6-9-5-2-3-7-10(9)11/h2-3,5,7,12H,4,6,8H2,1H3. The van der Waals surface area contributed by atoms with E-state index in [1.54, 1.807) is 7.05 Å². The van der Waals surface area contributed by atoms with Gasteiger partial charge >= 0.3 is 0 Å². The van der Waals surface area contributed by atoms with Crippen molar-refractivity contribution in [3.8, 4) is 0 Å². The maximum absolute atomic E-state index is 5.03. The third-order valence-corrected chi connectivity index (χ3v) is 2.57. The molecule has 1 aromatic rings. The highest BCUT2D eigenvalue weighted by molar-refractivity contribution is 9.10. The Balaban J connectivity index is 2.32. The molecule has 0 fully saturated rings. The third kappa shape index (κ3) is 3.89. The average molecular weight is 244 g/mol. The molecule has 0 amide bonds. The maximum atomic E-state index is 5.03. The van der Waals surface area contributed by atoms with Crippen molar-refractivity contribution >= 4 is 15.9 Å². The molecule has 1 N–H and O–H groups in total. The van der Waals surface area contributed by atoms with Crippen molar-refractivity contribution in [3.05, 3.63) is 34.3 Å². The molecule has 3 heteroatoms. The van der Waals surface area contributed by atoms with Gasteiger partial charge in [0.1, 0.15) is 0 Å². The molecule has 0 heterocycles. The highest BCUT2D eigenvalue weighted by Gasteiger charge is 1.97. The molecule has 0 aromatic heterocycles. The first kappa shape index (κ1) is 10.7. The smallest absolute Gasteiger partial charge is 0.0685 e. The number of benzene rings is 1. The minimum absolute atomic E-state index is 0.748. The largest absolute Gasteiger partial charge is 0.302 e. The Morgan fingerprint density at radius 2 is 2.15 bits per heavy atom. The van der Waals surface area contributed by atoms with Crippen molar-refractivity contribution in [2.45, 2.75) is 12.8 Å². The predicted octanol–water partition coefficient (Wildman–Crippen LogP) is 2.53. The number of halogens is 1. The molecule has 0 saturated heterocycles. The second-order valence-electron chi connectivity index (χ2n) is 2.75. The number of rotatable bonds is 5. The normalized spacial score (nSPS) is 10.3. The minimum atomic E-state index is 0.748. The number of nitrogens with one attached hydrogen (secondary N) is 1. The van der Waals surface area contributed by atoms with Gasteiger partial charge in [-0.3, -0.25) is 0 Å². The van der Waals surface area contributed by atoms with Crippen LogP contribution >= 0.6 is 15.9 Å². The van der Waals surface area contributed by atoms with E-state index in [-0.39, 0.29) is 0 Å². The minimum Gasteiger partial charge on any atom is -0.302 e. The van der Waals surface area contributed by atoms with E-state index in [1.165, 1.54) is 10.0 Å². The van der Waals surface area contributed by atoms with Gasteiger partial charge < -0.3 is 4.84 Å². The molecular formula is C10H14BrNO. The zero-order valence-corrected chi connectivity index (χ0v) is 9.30. The van der Waals surface area contributed by atoms with E-state index in [0.29, 0.717) is 0 Å². The van der Waals surface area contributed by atoms with Crippen LogP contribution in [0.5, 0.6) is 0 Å². The van der Waals surface area contributed by atoms with Crippen LogP contribution in [0.2, 0.25) is 0 Å². The Morgan fingerprint density at radius 3 is 2.85 bits per heavy atom. The van der Waals surface area contributed by atoms with Gasteiger partial charge in [0.25, 0.3) is 0 Å². The Morgan fingerprint density at radius 1 is 1.38 bits per heavy atom. The van der Waals surface area contributed by atoms with Crippen molar-refractivity contribution < 1.29 is 4.84 Å². The number of hydrogen-bond acceptors (Lipinski definition) is 2. The monoisotopic (exact) mass is 243 g/mol. The third-order valence-electron chi connectivity index (χ3n) is 1.79. The topological polar surface area (TPSA) is 21.3 Å². The van der Waals surface area contributed by atoms with E-state index in [9.17, 15) is 0 Å². The molecule has 1 aromatic carbocycles. The molecule has 0 radical (unpaired) electrons. The summed E-state index contributed by atoms with van der Waals surface area (Å²) in [5.41, 5.74) is 3.99. The summed E-state index contributed by atoms with van der Waals surface area (Å²) in [6.07, 6.45) is 2.08. The zero-order chi connectivity index (χ0) is 9.52. The van der Waals surface area contributed by atoms with Gasteiger partial charge in [0.2, 0.25) is 0 Å². The van der Waals surface area contributed by atoms with E-state index in [4.69, 9.17) is 4.84 Å². The quantitative estimate of drug-likeness (QED) is 0.634. The van der Waals surface area contributed by atoms with Crippen molar-refractivity contribution in [3.63, 3.8) is 0 Å². The van der Waals surface area contributed by atoms with E-state index in [2.05, 4.69) is 39.6 Å². The summed E-state index contributed by atoms with van der Waals surface area (Å²) in [6.45, 7) is 0.748. The molecular weight excluding hydrogens is 230 g/mol. The summed E-state index contributed by atoms with van der Waals surface area (Å²) in [5.74, 6) is 0. The van der Waals surface area contributed by atoms with Gasteiger partial charge in [-0.1, -0.05) is 34.1 Å². The summed E-state index contributed by atoms with van der Waals surface area (Å²) in [5, 5.41) is 0. The van der Waals surface area contributed by atoms with Crippen molar-refractivity contribution in [2.24, 2.45) is 0 Å². The molecule has 72 valence electrons. The Bertz CT molecular complexity index is 252. The summed E-state index contributed by atoms with van der Waals surface area (Å²) >= 11 is 3.51. The van der Waals surface area contributed by atoms with Crippen LogP contribution in [-0.2, 0) is 11.3 Å². The van der Waals surface area contributed by atoms with Crippen LogP contribution in [-0.4, -0.2) is 13.7 Å². The van der Waals surface area contributed by atoms with E-state index < -0.39 is 0 Å². The van der Waals surface area contributed by atoms with Crippen molar-refractivity contribution in [1.82, 2.24) is 5.48 Å². The predicted molar refractivity (Wildman–Crippen MR) is 57.5 cm³/mol. The first-order chi connectivity index (χ1) is 6.34. The Labute approximate surface area is 87.4 Å². The lowest BCUT2D eigenvalue weighted by molar-refractivity contribution is 0.0564. The van der Waals surface area contributed by atoms with E-state index >= 15 is 0 Å². The molecule has 2 nitrogen and oxygen atoms in total. The van der Waals surface area contributed by atoms with Crippen molar-refractivity contribution in [2.75, 3.05) is 13.7 Å². The van der Waals surface area contributed by atoms with Crippen LogP contribution in [0.3, 0.4) is 0 Å². The fraction of sp³-hybridized carbons (Fsp3) is 0.400. The molecule has 1 rings (SSSR count). The van der Waals surface area contributed by atoms with Crippen LogP contribution in [0.1, 0.15) is 12.0 Å². The van der Waals surface area contributed by atoms with Gasteiger partial charge in [0.05, 0.1) is 6.61 Å². The lowest BCUT2D eigenvalue weighted by Crippen LogP contribution is -2.08. The molecule has 0 unspecified atom stereocenters. The fourth-order valence-electron chi connectivity index (χ4n) is 1.14. The van der Waals surface area contributed by atoms with E-state index in [1.807, 2.05) is 6.07 Å². The Hall–Kier alpha value is -0.380. The maximum Gasteiger partial charge on any atom is 0.0685 e. The molecule has 0 aliphatic rings.